The van der Waals surface area contributed by atoms with Crippen LogP contribution in [0, 0.1) is 23.0 Å². The fourth-order valence-electron chi connectivity index (χ4n) is 2.91. The number of aryl methyl sites for hydroxylation is 2. The van der Waals surface area contributed by atoms with E-state index in [1.807, 2.05) is 6.92 Å². The van der Waals surface area contributed by atoms with Crippen molar-refractivity contribution in [3.8, 4) is 0 Å². The minimum absolute atomic E-state index is 0.0307. The first kappa shape index (κ1) is 24.5. The Morgan fingerprint density at radius 1 is 1.22 bits per heavy atom. The molecule has 0 saturated heterocycles. The Labute approximate surface area is 185 Å². The van der Waals surface area contributed by atoms with Crippen LogP contribution in [0.1, 0.15) is 52.2 Å². The molecule has 32 heavy (non-hydrogen) atoms. The third kappa shape index (κ3) is 6.89. The van der Waals surface area contributed by atoms with Crippen LogP contribution >= 0.6 is 0 Å². The molecule has 1 aromatic heterocycles. The van der Waals surface area contributed by atoms with Crippen molar-refractivity contribution < 1.29 is 24.0 Å². The van der Waals surface area contributed by atoms with Crippen LogP contribution in [0.25, 0.3) is 0 Å². The van der Waals surface area contributed by atoms with Crippen molar-refractivity contribution in [2.45, 2.75) is 33.6 Å². The van der Waals surface area contributed by atoms with Gasteiger partial charge in [0.1, 0.15) is 0 Å². The van der Waals surface area contributed by atoms with Crippen LogP contribution in [-0.2, 0) is 16.0 Å². The van der Waals surface area contributed by atoms with Crippen LogP contribution in [0.2, 0.25) is 0 Å². The third-order valence-electron chi connectivity index (χ3n) is 4.77. The molecule has 2 rings (SSSR count). The lowest BCUT2D eigenvalue weighted by atomic mass is 10.1. The lowest BCUT2D eigenvalue weighted by Gasteiger charge is -2.13. The van der Waals surface area contributed by atoms with E-state index in [9.17, 15) is 24.5 Å². The van der Waals surface area contributed by atoms with Crippen LogP contribution in [0.3, 0.4) is 0 Å². The number of carbonyl (C=O) groups excluding carboxylic acids is 3. The fourth-order valence-corrected chi connectivity index (χ4v) is 2.91. The molecule has 11 nitrogen and oxygen atoms in total. The number of H-pyrrole nitrogens is 1. The molecular formula is C21H27N5O6. The second-order valence-electron chi connectivity index (χ2n) is 7.27. The van der Waals surface area contributed by atoms with Crippen LogP contribution in [0.5, 0.6) is 0 Å². The lowest BCUT2D eigenvalue weighted by molar-refractivity contribution is -0.384. The average Bonchev–Trinajstić information content (AvgIpc) is 3.18. The van der Waals surface area contributed by atoms with E-state index in [4.69, 9.17) is 4.74 Å². The van der Waals surface area contributed by atoms with E-state index in [1.54, 1.807) is 20.0 Å². The number of carbonyl (C=O) groups is 3. The first-order valence-electron chi connectivity index (χ1n) is 10.2. The summed E-state index contributed by atoms with van der Waals surface area (Å²) < 4.78 is 4.85. The summed E-state index contributed by atoms with van der Waals surface area (Å²) in [4.78, 5) is 47.1. The monoisotopic (exact) mass is 445 g/mol. The van der Waals surface area contributed by atoms with Gasteiger partial charge in [-0.1, -0.05) is 6.92 Å². The maximum Gasteiger partial charge on any atom is 0.338 e. The van der Waals surface area contributed by atoms with Gasteiger partial charge in [-0.15, -0.1) is 0 Å². The van der Waals surface area contributed by atoms with Gasteiger partial charge in [-0.2, -0.15) is 5.10 Å². The average molecular weight is 445 g/mol. The molecule has 2 amide bonds. The number of nitrogens with one attached hydrogen (secondary N) is 3. The Balaban J connectivity index is 1.88. The zero-order valence-electron chi connectivity index (χ0n) is 18.3. The number of aromatic nitrogens is 2. The van der Waals surface area contributed by atoms with Crippen LogP contribution < -0.4 is 10.6 Å². The number of ether oxygens (including phenoxy) is 1. The Hall–Kier alpha value is -3.76. The van der Waals surface area contributed by atoms with Gasteiger partial charge in [-0.05, 0) is 38.3 Å². The smallest absolute Gasteiger partial charge is 0.338 e. The second kappa shape index (κ2) is 11.6. The van der Waals surface area contributed by atoms with Crippen molar-refractivity contribution in [2.75, 3.05) is 19.7 Å². The van der Waals surface area contributed by atoms with Gasteiger partial charge in [0.25, 0.3) is 11.6 Å². The van der Waals surface area contributed by atoms with E-state index in [0.717, 1.165) is 36.2 Å². The third-order valence-corrected chi connectivity index (χ3v) is 4.77. The van der Waals surface area contributed by atoms with Gasteiger partial charge < -0.3 is 15.4 Å². The molecule has 0 bridgehead atoms. The summed E-state index contributed by atoms with van der Waals surface area (Å²) in [5.41, 5.74) is 1.54. The Morgan fingerprint density at radius 3 is 2.56 bits per heavy atom. The highest BCUT2D eigenvalue weighted by molar-refractivity contribution is 5.99. The van der Waals surface area contributed by atoms with Gasteiger partial charge >= 0.3 is 5.97 Å². The van der Waals surface area contributed by atoms with E-state index >= 15 is 0 Å². The van der Waals surface area contributed by atoms with Crippen molar-refractivity contribution in [2.24, 2.45) is 5.92 Å². The number of amides is 2. The molecule has 0 fully saturated rings. The molecule has 1 aromatic carbocycles. The summed E-state index contributed by atoms with van der Waals surface area (Å²) in [5.74, 6) is -2.13. The van der Waals surface area contributed by atoms with Crippen LogP contribution in [0.4, 0.5) is 5.69 Å². The van der Waals surface area contributed by atoms with E-state index in [-0.39, 0.29) is 30.2 Å². The van der Waals surface area contributed by atoms with E-state index in [0.29, 0.717) is 6.54 Å². The van der Waals surface area contributed by atoms with Gasteiger partial charge in [0.15, 0.2) is 0 Å². The normalized spacial score (nSPS) is 11.5. The summed E-state index contributed by atoms with van der Waals surface area (Å²) in [7, 11) is 0. The first-order chi connectivity index (χ1) is 15.2. The Morgan fingerprint density at radius 2 is 1.94 bits per heavy atom. The topological polar surface area (TPSA) is 156 Å². The van der Waals surface area contributed by atoms with Crippen molar-refractivity contribution in [3.05, 3.63) is 56.9 Å². The highest BCUT2D eigenvalue weighted by Gasteiger charge is 2.20. The summed E-state index contributed by atoms with van der Waals surface area (Å²) in [6, 6.07) is 3.35. The Kier molecular flexibility index (Phi) is 8.87. The number of nitro benzene ring substituents is 1. The van der Waals surface area contributed by atoms with Crippen molar-refractivity contribution in [3.63, 3.8) is 0 Å². The van der Waals surface area contributed by atoms with Crippen molar-refractivity contribution in [1.29, 1.82) is 0 Å². The van der Waals surface area contributed by atoms with E-state index in [1.165, 1.54) is 6.07 Å². The number of rotatable bonds is 11. The van der Waals surface area contributed by atoms with E-state index in [2.05, 4.69) is 20.8 Å². The van der Waals surface area contributed by atoms with Crippen molar-refractivity contribution in [1.82, 2.24) is 20.8 Å². The van der Waals surface area contributed by atoms with Gasteiger partial charge in [0, 0.05) is 36.5 Å². The molecule has 1 heterocycles. The van der Waals surface area contributed by atoms with Crippen molar-refractivity contribution >= 4 is 23.5 Å². The number of hydrogen-bond donors (Lipinski definition) is 3. The lowest BCUT2D eigenvalue weighted by Crippen LogP contribution is -2.38. The molecule has 1 atom stereocenters. The maximum absolute atomic E-state index is 12.5. The number of esters is 1. The number of benzene rings is 1. The zero-order valence-corrected chi connectivity index (χ0v) is 18.3. The molecule has 3 N–H and O–H groups in total. The molecular weight excluding hydrogens is 418 g/mol. The van der Waals surface area contributed by atoms with Gasteiger partial charge in [-0.3, -0.25) is 24.8 Å². The minimum Gasteiger partial charge on any atom is -0.462 e. The first-order valence-corrected chi connectivity index (χ1v) is 10.2. The van der Waals surface area contributed by atoms with Crippen LogP contribution in [-0.4, -0.2) is 52.6 Å². The standard InChI is InChI=1S/C21H27N5O6/c1-4-32-21(29)17-8-16(9-18(10-17)26(30)31)20(28)23-11-13(2)19(27)22-7-5-6-15-12-24-25-14(15)3/h8-10,12-13H,4-7,11H2,1-3H3,(H,22,27)(H,23,28)(H,24,25)/t13-/m1/s1. The summed E-state index contributed by atoms with van der Waals surface area (Å²) in [6.07, 6.45) is 3.29. The predicted octanol–water partition coefficient (Wildman–Crippen LogP) is 1.92. The molecule has 0 radical (unpaired) electrons. The summed E-state index contributed by atoms with van der Waals surface area (Å²) in [5, 5.41) is 23.4. The van der Waals surface area contributed by atoms with Gasteiger partial charge in [0.2, 0.25) is 5.91 Å². The number of aromatic amines is 1. The predicted molar refractivity (Wildman–Crippen MR) is 115 cm³/mol. The molecule has 0 saturated carbocycles. The summed E-state index contributed by atoms with van der Waals surface area (Å²) >= 11 is 0. The number of nitro groups is 1. The molecule has 172 valence electrons. The molecule has 0 aliphatic rings. The number of nitrogens with zero attached hydrogens (tertiary/aromatic N) is 2. The Bertz CT molecular complexity index is 987. The highest BCUT2D eigenvalue weighted by atomic mass is 16.6. The fraction of sp³-hybridized carbons (Fsp3) is 0.429. The molecule has 2 aromatic rings. The molecule has 0 unspecified atom stereocenters. The molecule has 0 spiro atoms. The zero-order chi connectivity index (χ0) is 23.7. The molecule has 11 heteroatoms. The molecule has 0 aliphatic carbocycles. The number of non-ortho nitro benzene ring substituents is 1. The van der Waals surface area contributed by atoms with Gasteiger partial charge in [-0.25, -0.2) is 4.79 Å². The minimum atomic E-state index is -0.761. The molecule has 0 aliphatic heterocycles. The number of hydrogen-bond acceptors (Lipinski definition) is 7. The summed E-state index contributed by atoms with van der Waals surface area (Å²) in [6.45, 7) is 5.81. The largest absolute Gasteiger partial charge is 0.462 e. The maximum atomic E-state index is 12.5. The quantitative estimate of drug-likeness (QED) is 0.206. The second-order valence-corrected chi connectivity index (χ2v) is 7.27. The SMILES string of the molecule is CCOC(=O)c1cc(C(=O)NC[C@@H](C)C(=O)NCCCc2cn[nH]c2C)cc([N+](=O)[O-])c1. The van der Waals surface area contributed by atoms with Crippen LogP contribution in [0.15, 0.2) is 24.4 Å². The van der Waals surface area contributed by atoms with E-state index < -0.39 is 28.4 Å². The van der Waals surface area contributed by atoms with Gasteiger partial charge in [0.05, 0.1) is 29.2 Å². The highest BCUT2D eigenvalue weighted by Crippen LogP contribution is 2.18.